The summed E-state index contributed by atoms with van der Waals surface area (Å²) in [5.41, 5.74) is 3.93. The van der Waals surface area contributed by atoms with Crippen LogP contribution in [-0.2, 0) is 9.53 Å². The van der Waals surface area contributed by atoms with Gasteiger partial charge in [-0.25, -0.2) is 4.79 Å². The van der Waals surface area contributed by atoms with Crippen molar-refractivity contribution >= 4 is 12.0 Å². The molecule has 5 aliphatic carbocycles. The predicted octanol–water partition coefficient (Wildman–Crippen LogP) is 10.4. The van der Waals surface area contributed by atoms with Crippen molar-refractivity contribution in [2.24, 2.45) is 56.7 Å². The molecule has 5 fully saturated rings. The summed E-state index contributed by atoms with van der Waals surface area (Å²) in [6, 6.07) is 5.14. The molecule has 6 rings (SSSR count). The van der Waals surface area contributed by atoms with Gasteiger partial charge in [-0.2, -0.15) is 0 Å². The van der Waals surface area contributed by atoms with Crippen LogP contribution in [0.25, 0.3) is 6.08 Å². The topological polar surface area (TPSA) is 55.8 Å². The summed E-state index contributed by atoms with van der Waals surface area (Å²) >= 11 is 0. The van der Waals surface area contributed by atoms with Gasteiger partial charge in [0.2, 0.25) is 0 Å². The van der Waals surface area contributed by atoms with Crippen LogP contribution >= 0.6 is 0 Å². The maximum Gasteiger partial charge on any atom is 0.331 e. The molecule has 4 heteroatoms. The first-order chi connectivity index (χ1) is 21.1. The molecule has 248 valence electrons. The van der Waals surface area contributed by atoms with E-state index in [1.165, 1.54) is 83.0 Å². The molecule has 0 bridgehead atoms. The number of phenolic OH excluding ortho intramolecular Hbond substituents is 1. The monoisotopic (exact) mass is 616 g/mol. The largest absolute Gasteiger partial charge is 0.504 e. The van der Waals surface area contributed by atoms with E-state index in [2.05, 4.69) is 55.0 Å². The van der Waals surface area contributed by atoms with Crippen LogP contribution in [0.3, 0.4) is 0 Å². The summed E-state index contributed by atoms with van der Waals surface area (Å²) in [4.78, 5) is 13.1. The van der Waals surface area contributed by atoms with Gasteiger partial charge in [0.15, 0.2) is 11.5 Å². The molecule has 1 aromatic rings. The Morgan fingerprint density at radius 1 is 0.978 bits per heavy atom. The Hall–Kier alpha value is -2.23. The molecule has 0 unspecified atom stereocenters. The minimum atomic E-state index is -0.289. The fourth-order valence-corrected chi connectivity index (χ4v) is 12.6. The van der Waals surface area contributed by atoms with Crippen molar-refractivity contribution in [1.29, 1.82) is 0 Å². The number of fused-ring (bicyclic) bond motifs is 2. The number of rotatable bonds is 9. The van der Waals surface area contributed by atoms with Crippen molar-refractivity contribution in [2.45, 2.75) is 125 Å². The van der Waals surface area contributed by atoms with Gasteiger partial charge in [0.1, 0.15) is 6.10 Å². The van der Waals surface area contributed by atoms with Crippen LogP contribution in [0.5, 0.6) is 11.5 Å². The van der Waals surface area contributed by atoms with Crippen LogP contribution in [0.2, 0.25) is 0 Å². The lowest BCUT2D eigenvalue weighted by Gasteiger charge is -2.63. The van der Waals surface area contributed by atoms with Gasteiger partial charge in [-0.3, -0.25) is 0 Å². The van der Waals surface area contributed by atoms with Gasteiger partial charge >= 0.3 is 5.97 Å². The molecule has 0 aliphatic heterocycles. The Morgan fingerprint density at radius 2 is 1.69 bits per heavy atom. The van der Waals surface area contributed by atoms with Crippen LogP contribution in [0.4, 0.5) is 0 Å². The zero-order valence-corrected chi connectivity index (χ0v) is 29.5. The first-order valence-electron chi connectivity index (χ1n) is 18.1. The minimum Gasteiger partial charge on any atom is -0.504 e. The summed E-state index contributed by atoms with van der Waals surface area (Å²) in [6.07, 6.45) is 17.4. The van der Waals surface area contributed by atoms with E-state index in [0.717, 1.165) is 29.7 Å². The van der Waals surface area contributed by atoms with Crippen molar-refractivity contribution in [2.75, 3.05) is 7.11 Å². The number of carbonyl (C=O) groups excluding carboxylic acids is 1. The molecule has 0 radical (unpaired) electrons. The lowest BCUT2D eigenvalue weighted by molar-refractivity contribution is -0.179. The lowest BCUT2D eigenvalue weighted by atomic mass is 9.41. The molecule has 1 N–H and O–H groups in total. The fourth-order valence-electron chi connectivity index (χ4n) is 12.6. The molecule has 0 amide bonds. The summed E-state index contributed by atoms with van der Waals surface area (Å²) in [7, 11) is 1.53. The molecule has 1 aromatic carbocycles. The van der Waals surface area contributed by atoms with Crippen LogP contribution < -0.4 is 4.74 Å². The number of benzene rings is 1. The van der Waals surface area contributed by atoms with Gasteiger partial charge in [-0.15, -0.1) is 0 Å². The van der Waals surface area contributed by atoms with E-state index in [9.17, 15) is 9.90 Å². The number of hydrogen-bond donors (Lipinski definition) is 1. The number of phenols is 1. The molecule has 2 spiro atoms. The third kappa shape index (κ3) is 4.85. The van der Waals surface area contributed by atoms with E-state index >= 15 is 0 Å². The summed E-state index contributed by atoms with van der Waals surface area (Å²) in [5, 5.41) is 10.1. The molecule has 5 aliphatic rings. The highest BCUT2D eigenvalue weighted by Crippen LogP contribution is 2.89. The summed E-state index contributed by atoms with van der Waals surface area (Å²) in [5.74, 6) is 3.82. The van der Waals surface area contributed by atoms with E-state index in [-0.39, 0.29) is 23.2 Å². The van der Waals surface area contributed by atoms with Gasteiger partial charge in [0, 0.05) is 11.5 Å². The summed E-state index contributed by atoms with van der Waals surface area (Å²) in [6.45, 7) is 21.7. The Labute approximate surface area is 273 Å². The second kappa shape index (κ2) is 11.2. The van der Waals surface area contributed by atoms with E-state index < -0.39 is 0 Å². The lowest BCUT2D eigenvalue weighted by Crippen LogP contribution is -2.58. The Bertz CT molecular complexity index is 1360. The zero-order valence-electron chi connectivity index (χ0n) is 29.5. The van der Waals surface area contributed by atoms with Gasteiger partial charge in [-0.1, -0.05) is 66.7 Å². The van der Waals surface area contributed by atoms with Crippen molar-refractivity contribution in [3.63, 3.8) is 0 Å². The minimum absolute atomic E-state index is 0.0399. The molecular formula is C41H60O4. The number of allylic oxidation sites excluding steroid dienone is 1. The average Bonchev–Trinajstić information content (AvgIpc) is 3.57. The molecule has 0 aromatic heterocycles. The maximum atomic E-state index is 13.1. The number of ether oxygens (including phenoxy) is 2. The molecular weight excluding hydrogens is 556 g/mol. The molecule has 45 heavy (non-hydrogen) atoms. The number of esters is 1. The van der Waals surface area contributed by atoms with Crippen molar-refractivity contribution < 1.29 is 19.4 Å². The second-order valence-electron chi connectivity index (χ2n) is 17.5. The standard InChI is InChI=1S/C41H60O4/c1-26(2)27(3)10-11-28(4)30-18-20-39(8)34-16-15-33-37(5,6)35(19-21-40(33)25-41(34,40)23-22-38(30,39)7)45-36(43)17-13-29-12-14-32(44-9)31(42)24-29/h12-14,17,24,26,28,30,33-35,42H,3,10-11,15-16,18-23,25H2,1-2,4-9H3/b17-13+/t28-,30-,33+,34+,35+,38-,39+,40-,41+/m1/s1. The number of hydrogen-bond acceptors (Lipinski definition) is 4. The second-order valence-corrected chi connectivity index (χ2v) is 17.5. The van der Waals surface area contributed by atoms with E-state index in [0.29, 0.717) is 39.2 Å². The maximum absolute atomic E-state index is 13.1. The highest BCUT2D eigenvalue weighted by molar-refractivity contribution is 5.87. The Kier molecular flexibility index (Phi) is 8.13. The molecule has 0 heterocycles. The van der Waals surface area contributed by atoms with E-state index in [4.69, 9.17) is 9.47 Å². The van der Waals surface area contributed by atoms with Crippen LogP contribution in [0.15, 0.2) is 36.4 Å². The molecule has 9 atom stereocenters. The molecule has 5 saturated carbocycles. The van der Waals surface area contributed by atoms with Crippen LogP contribution in [0, 0.1) is 56.7 Å². The summed E-state index contributed by atoms with van der Waals surface area (Å²) < 4.78 is 11.4. The third-order valence-electron chi connectivity index (χ3n) is 15.4. The molecule has 4 nitrogen and oxygen atoms in total. The quantitative estimate of drug-likeness (QED) is 0.170. The van der Waals surface area contributed by atoms with Crippen molar-refractivity contribution in [1.82, 2.24) is 0 Å². The zero-order chi connectivity index (χ0) is 32.6. The average molecular weight is 617 g/mol. The number of methoxy groups -OCH3 is 1. The van der Waals surface area contributed by atoms with E-state index in [1.54, 1.807) is 18.2 Å². The smallest absolute Gasteiger partial charge is 0.331 e. The SMILES string of the molecule is C=C(CC[C@@H](C)[C@H]1CC[C@@]2(C)[C@@H]3CC[C@H]4C(C)(C)[C@@H](OC(=O)/C=C/c5ccc(OC)c(O)c5)CC[C@@]45C[C@@]35CC[C@]12C)C(C)C. The van der Waals surface area contributed by atoms with Crippen molar-refractivity contribution in [3.8, 4) is 11.5 Å². The third-order valence-corrected chi connectivity index (χ3v) is 15.4. The highest BCUT2D eigenvalue weighted by Gasteiger charge is 2.82. The van der Waals surface area contributed by atoms with E-state index in [1.807, 2.05) is 6.07 Å². The van der Waals surface area contributed by atoms with Gasteiger partial charge < -0.3 is 14.6 Å². The first kappa shape index (κ1) is 32.7. The first-order valence-corrected chi connectivity index (χ1v) is 18.1. The van der Waals surface area contributed by atoms with Crippen LogP contribution in [0.1, 0.15) is 125 Å². The predicted molar refractivity (Wildman–Crippen MR) is 183 cm³/mol. The van der Waals surface area contributed by atoms with Crippen LogP contribution in [-0.4, -0.2) is 24.3 Å². The highest BCUT2D eigenvalue weighted by atomic mass is 16.5. The van der Waals surface area contributed by atoms with Gasteiger partial charge in [0.25, 0.3) is 0 Å². The number of carbonyl (C=O) groups is 1. The Balaban J connectivity index is 1.14. The molecule has 0 saturated heterocycles. The van der Waals surface area contributed by atoms with Gasteiger partial charge in [0.05, 0.1) is 7.11 Å². The van der Waals surface area contributed by atoms with Gasteiger partial charge in [-0.05, 0) is 146 Å². The van der Waals surface area contributed by atoms with Crippen molar-refractivity contribution in [3.05, 3.63) is 42.0 Å². The number of aromatic hydroxyl groups is 1. The fraction of sp³-hybridized carbons (Fsp3) is 0.732. The normalized spacial score (nSPS) is 40.2. The Morgan fingerprint density at radius 3 is 2.38 bits per heavy atom.